The van der Waals surface area contributed by atoms with E-state index >= 15 is 0 Å². The van der Waals surface area contributed by atoms with Crippen molar-refractivity contribution in [2.24, 2.45) is 0 Å². The summed E-state index contributed by atoms with van der Waals surface area (Å²) < 4.78 is 2.13. The molecule has 6 nitrogen and oxygen atoms in total. The van der Waals surface area contributed by atoms with Crippen LogP contribution in [0.3, 0.4) is 0 Å². The molecule has 4 rings (SSSR count). The predicted molar refractivity (Wildman–Crippen MR) is 124 cm³/mol. The number of nitrogens with zero attached hydrogens (tertiary/aromatic N) is 5. The molecule has 1 saturated heterocycles. The van der Waals surface area contributed by atoms with Crippen molar-refractivity contribution in [3.8, 4) is 11.4 Å². The first kappa shape index (κ1) is 22.0. The molecule has 2 aromatic heterocycles. The highest BCUT2D eigenvalue weighted by molar-refractivity contribution is 7.99. The molecule has 1 aromatic carbocycles. The summed E-state index contributed by atoms with van der Waals surface area (Å²) in [6.07, 6.45) is 7.77. The Bertz CT molecular complexity index is 1000. The lowest BCUT2D eigenvalue weighted by Gasteiger charge is -2.26. The first-order chi connectivity index (χ1) is 15.2. The fraction of sp³-hybridized carbons (Fsp3) is 0.391. The van der Waals surface area contributed by atoms with Crippen LogP contribution < -0.4 is 0 Å². The average molecular weight is 456 g/mol. The fourth-order valence-corrected chi connectivity index (χ4v) is 4.84. The highest BCUT2D eigenvalue weighted by Crippen LogP contribution is 2.24. The van der Waals surface area contributed by atoms with Gasteiger partial charge in [0.05, 0.1) is 5.75 Å². The van der Waals surface area contributed by atoms with Crippen molar-refractivity contribution < 1.29 is 4.79 Å². The van der Waals surface area contributed by atoms with E-state index in [-0.39, 0.29) is 5.78 Å². The third kappa shape index (κ3) is 6.15. The van der Waals surface area contributed by atoms with E-state index in [0.717, 1.165) is 48.3 Å². The maximum atomic E-state index is 12.6. The molecule has 0 amide bonds. The molecular formula is C23H26ClN5OS. The third-order valence-electron chi connectivity index (χ3n) is 5.38. The van der Waals surface area contributed by atoms with Crippen LogP contribution in [-0.2, 0) is 17.8 Å². The molecule has 0 spiro atoms. The van der Waals surface area contributed by atoms with Crippen LogP contribution in [0.2, 0.25) is 5.02 Å². The Kier molecular flexibility index (Phi) is 7.72. The number of hydrogen-bond acceptors (Lipinski definition) is 6. The second kappa shape index (κ2) is 10.9. The lowest BCUT2D eigenvalue weighted by molar-refractivity contribution is -0.116. The number of carbonyl (C=O) groups is 1. The number of carbonyl (C=O) groups excluding carboxylic acids is 1. The van der Waals surface area contributed by atoms with Crippen molar-refractivity contribution in [1.82, 2.24) is 24.6 Å². The van der Waals surface area contributed by atoms with E-state index in [1.165, 1.54) is 31.0 Å². The van der Waals surface area contributed by atoms with Crippen molar-refractivity contribution in [3.05, 3.63) is 59.4 Å². The van der Waals surface area contributed by atoms with Gasteiger partial charge in [-0.25, -0.2) is 0 Å². The zero-order valence-corrected chi connectivity index (χ0v) is 19.0. The molecule has 0 saturated carbocycles. The van der Waals surface area contributed by atoms with Crippen LogP contribution in [0.15, 0.2) is 53.9 Å². The zero-order chi connectivity index (χ0) is 21.5. The number of hydrogen-bond donors (Lipinski definition) is 0. The first-order valence-corrected chi connectivity index (χ1v) is 12.0. The summed E-state index contributed by atoms with van der Waals surface area (Å²) in [7, 11) is 0. The molecule has 0 unspecified atom stereocenters. The SMILES string of the molecule is O=C(CSc1nnc(-c2cccnc2)n1CCN1CCCCC1)Cc1cccc(Cl)c1. The van der Waals surface area contributed by atoms with E-state index in [4.69, 9.17) is 11.6 Å². The maximum Gasteiger partial charge on any atom is 0.191 e. The largest absolute Gasteiger partial charge is 0.302 e. The minimum atomic E-state index is 0.140. The number of ketones is 1. The lowest BCUT2D eigenvalue weighted by atomic mass is 10.1. The van der Waals surface area contributed by atoms with Gasteiger partial charge >= 0.3 is 0 Å². The Hall–Kier alpha value is -2.22. The van der Waals surface area contributed by atoms with Crippen molar-refractivity contribution in [1.29, 1.82) is 0 Å². The van der Waals surface area contributed by atoms with Crippen molar-refractivity contribution in [3.63, 3.8) is 0 Å². The number of piperidine rings is 1. The van der Waals surface area contributed by atoms with E-state index in [0.29, 0.717) is 17.2 Å². The summed E-state index contributed by atoms with van der Waals surface area (Å²) in [5.74, 6) is 1.29. The Morgan fingerprint density at radius 2 is 1.94 bits per heavy atom. The summed E-state index contributed by atoms with van der Waals surface area (Å²) in [6.45, 7) is 4.03. The Balaban J connectivity index is 1.45. The van der Waals surface area contributed by atoms with Gasteiger partial charge in [0.2, 0.25) is 0 Å². The van der Waals surface area contributed by atoms with Crippen LogP contribution in [0, 0.1) is 0 Å². The van der Waals surface area contributed by atoms with Gasteiger partial charge in [0.25, 0.3) is 0 Å². The number of pyridine rings is 1. The third-order valence-corrected chi connectivity index (χ3v) is 6.64. The lowest BCUT2D eigenvalue weighted by Crippen LogP contribution is -2.32. The second-order valence-corrected chi connectivity index (χ2v) is 9.11. The molecule has 0 atom stereocenters. The number of likely N-dealkylation sites (tertiary alicyclic amines) is 1. The van der Waals surface area contributed by atoms with Crippen LogP contribution in [0.5, 0.6) is 0 Å². The van der Waals surface area contributed by atoms with Crippen molar-refractivity contribution in [2.75, 3.05) is 25.4 Å². The molecule has 1 fully saturated rings. The van der Waals surface area contributed by atoms with E-state index in [2.05, 4.69) is 24.6 Å². The average Bonchev–Trinajstić information content (AvgIpc) is 3.20. The standard InChI is InChI=1S/C23H26ClN5OS/c24-20-8-4-6-18(14-20)15-21(30)17-31-23-27-26-22(19-7-5-9-25-16-19)29(23)13-12-28-10-2-1-3-11-28/h4-9,14,16H,1-3,10-13,15,17H2. The molecule has 31 heavy (non-hydrogen) atoms. The monoisotopic (exact) mass is 455 g/mol. The summed E-state index contributed by atoms with van der Waals surface area (Å²) in [6, 6.07) is 11.3. The molecule has 3 aromatic rings. The summed E-state index contributed by atoms with van der Waals surface area (Å²) >= 11 is 7.48. The number of benzene rings is 1. The fourth-order valence-electron chi connectivity index (χ4n) is 3.80. The number of Topliss-reactive ketones (excluding diaryl/α,β-unsaturated/α-hetero) is 1. The van der Waals surface area contributed by atoms with E-state index in [9.17, 15) is 4.79 Å². The van der Waals surface area contributed by atoms with Gasteiger partial charge in [0.1, 0.15) is 5.78 Å². The van der Waals surface area contributed by atoms with Gasteiger partial charge in [0.15, 0.2) is 11.0 Å². The highest BCUT2D eigenvalue weighted by Gasteiger charge is 2.18. The molecule has 0 N–H and O–H groups in total. The van der Waals surface area contributed by atoms with Gasteiger partial charge in [-0.15, -0.1) is 10.2 Å². The van der Waals surface area contributed by atoms with E-state index < -0.39 is 0 Å². The van der Waals surface area contributed by atoms with E-state index in [1.54, 1.807) is 12.4 Å². The summed E-state index contributed by atoms with van der Waals surface area (Å²) in [5.41, 5.74) is 1.87. The minimum absolute atomic E-state index is 0.140. The summed E-state index contributed by atoms with van der Waals surface area (Å²) in [4.78, 5) is 19.3. The smallest absolute Gasteiger partial charge is 0.191 e. The van der Waals surface area contributed by atoms with Gasteiger partial charge in [-0.2, -0.15) is 0 Å². The van der Waals surface area contributed by atoms with E-state index in [1.807, 2.05) is 36.4 Å². The molecule has 1 aliphatic rings. The molecule has 0 bridgehead atoms. The Labute approximate surface area is 192 Å². The summed E-state index contributed by atoms with van der Waals surface area (Å²) in [5, 5.41) is 10.3. The van der Waals surface area contributed by atoms with Crippen LogP contribution in [0.4, 0.5) is 0 Å². The molecule has 3 heterocycles. The first-order valence-electron chi connectivity index (χ1n) is 10.6. The van der Waals surface area contributed by atoms with Gasteiger partial charge in [-0.05, 0) is 55.8 Å². The van der Waals surface area contributed by atoms with Gasteiger partial charge in [-0.3, -0.25) is 9.78 Å². The number of aromatic nitrogens is 4. The number of halogens is 1. The Morgan fingerprint density at radius 3 is 2.71 bits per heavy atom. The van der Waals surface area contributed by atoms with Crippen LogP contribution in [-0.4, -0.2) is 55.8 Å². The minimum Gasteiger partial charge on any atom is -0.302 e. The van der Waals surface area contributed by atoms with Crippen LogP contribution >= 0.6 is 23.4 Å². The molecule has 8 heteroatoms. The highest BCUT2D eigenvalue weighted by atomic mass is 35.5. The van der Waals surface area contributed by atoms with Gasteiger partial charge in [0, 0.05) is 42.5 Å². The molecule has 0 aliphatic carbocycles. The molecule has 0 radical (unpaired) electrons. The second-order valence-electron chi connectivity index (χ2n) is 7.74. The predicted octanol–water partition coefficient (Wildman–Crippen LogP) is 4.38. The normalized spacial score (nSPS) is 14.6. The number of thioether (sulfide) groups is 1. The van der Waals surface area contributed by atoms with Crippen LogP contribution in [0.25, 0.3) is 11.4 Å². The van der Waals surface area contributed by atoms with Gasteiger partial charge < -0.3 is 9.47 Å². The molecule has 1 aliphatic heterocycles. The van der Waals surface area contributed by atoms with Crippen molar-refractivity contribution >= 4 is 29.1 Å². The topological polar surface area (TPSA) is 63.9 Å². The molecule has 162 valence electrons. The van der Waals surface area contributed by atoms with Crippen LogP contribution in [0.1, 0.15) is 24.8 Å². The maximum absolute atomic E-state index is 12.6. The quantitative estimate of drug-likeness (QED) is 0.446. The zero-order valence-electron chi connectivity index (χ0n) is 17.4. The van der Waals surface area contributed by atoms with Crippen molar-refractivity contribution in [2.45, 2.75) is 37.4 Å². The number of rotatable bonds is 9. The Morgan fingerprint density at radius 1 is 1.06 bits per heavy atom. The van der Waals surface area contributed by atoms with Gasteiger partial charge in [-0.1, -0.05) is 41.9 Å². The molecular weight excluding hydrogens is 430 g/mol.